The number of halogens is 1. The van der Waals surface area contributed by atoms with Gasteiger partial charge in [0.15, 0.2) is 5.82 Å². The van der Waals surface area contributed by atoms with Crippen LogP contribution in [0.1, 0.15) is 24.5 Å². The Morgan fingerprint density at radius 3 is 2.62 bits per heavy atom. The molecule has 0 amide bonds. The van der Waals surface area contributed by atoms with Crippen molar-refractivity contribution >= 4 is 38.6 Å². The monoisotopic (exact) mass is 449 g/mol. The molecule has 2 aliphatic heterocycles. The van der Waals surface area contributed by atoms with Crippen molar-refractivity contribution in [3.05, 3.63) is 47.0 Å². The lowest BCUT2D eigenvalue weighted by Crippen LogP contribution is -2.47. The molecular formula is C21H20BrN7. The van der Waals surface area contributed by atoms with Crippen molar-refractivity contribution < 1.29 is 0 Å². The van der Waals surface area contributed by atoms with Crippen LogP contribution in [-0.4, -0.2) is 46.1 Å². The van der Waals surface area contributed by atoms with Crippen LogP contribution in [0.3, 0.4) is 0 Å². The summed E-state index contributed by atoms with van der Waals surface area (Å²) < 4.78 is 1.03. The normalized spacial score (nSPS) is 17.9. The molecule has 2 fully saturated rings. The van der Waals surface area contributed by atoms with Gasteiger partial charge in [-0.2, -0.15) is 5.26 Å². The summed E-state index contributed by atoms with van der Waals surface area (Å²) in [5.74, 6) is 2.21. The summed E-state index contributed by atoms with van der Waals surface area (Å²) in [6.07, 6.45) is 7.20. The Bertz CT molecular complexity index is 1080. The molecule has 0 unspecified atom stereocenters. The van der Waals surface area contributed by atoms with E-state index in [2.05, 4.69) is 46.8 Å². The molecule has 0 bridgehead atoms. The SMILES string of the molecule is N#CC1CCN(c2nccnc2C2CN(c3ncc4cc(Br)ccc4n3)C2)CC1. The minimum atomic E-state index is 0.163. The minimum Gasteiger partial charge on any atom is -0.355 e. The highest BCUT2D eigenvalue weighted by molar-refractivity contribution is 9.10. The highest BCUT2D eigenvalue weighted by Crippen LogP contribution is 2.34. The van der Waals surface area contributed by atoms with Gasteiger partial charge in [-0.1, -0.05) is 15.9 Å². The van der Waals surface area contributed by atoms with E-state index in [0.717, 1.165) is 71.9 Å². The van der Waals surface area contributed by atoms with Gasteiger partial charge in [0.2, 0.25) is 5.95 Å². The number of piperidine rings is 1. The zero-order valence-corrected chi connectivity index (χ0v) is 17.5. The van der Waals surface area contributed by atoms with Gasteiger partial charge in [-0.15, -0.1) is 0 Å². The summed E-state index contributed by atoms with van der Waals surface area (Å²) in [7, 11) is 0. The minimum absolute atomic E-state index is 0.163. The number of hydrogen-bond acceptors (Lipinski definition) is 7. The average Bonchev–Trinajstić information content (AvgIpc) is 2.73. The molecule has 146 valence electrons. The van der Waals surface area contributed by atoms with E-state index in [4.69, 9.17) is 10.2 Å². The molecule has 3 aromatic rings. The van der Waals surface area contributed by atoms with E-state index in [1.54, 1.807) is 12.4 Å². The van der Waals surface area contributed by atoms with Crippen molar-refractivity contribution in [1.82, 2.24) is 19.9 Å². The molecule has 29 heavy (non-hydrogen) atoms. The van der Waals surface area contributed by atoms with Crippen molar-refractivity contribution in [2.45, 2.75) is 18.8 Å². The molecule has 0 N–H and O–H groups in total. The molecule has 0 atom stereocenters. The number of hydrogen-bond donors (Lipinski definition) is 0. The van der Waals surface area contributed by atoms with E-state index in [0.29, 0.717) is 5.92 Å². The van der Waals surface area contributed by atoms with Crippen LogP contribution < -0.4 is 9.80 Å². The van der Waals surface area contributed by atoms with Gasteiger partial charge < -0.3 is 9.80 Å². The summed E-state index contributed by atoms with van der Waals surface area (Å²) in [6, 6.07) is 8.42. The van der Waals surface area contributed by atoms with E-state index in [1.165, 1.54) is 0 Å². The first kappa shape index (κ1) is 18.3. The van der Waals surface area contributed by atoms with Crippen LogP contribution in [0.25, 0.3) is 10.9 Å². The first-order valence-electron chi connectivity index (χ1n) is 9.84. The largest absolute Gasteiger partial charge is 0.355 e. The molecule has 2 saturated heterocycles. The average molecular weight is 450 g/mol. The standard InChI is InChI=1S/C21H20BrN7/c22-17-1-2-18-15(9-17)11-26-21(27-18)29-12-16(13-29)19-20(25-6-5-24-19)28-7-3-14(10-23)4-8-28/h1-2,5-6,9,11,14,16H,3-4,7-8,12-13H2. The van der Waals surface area contributed by atoms with Crippen LogP contribution >= 0.6 is 15.9 Å². The smallest absolute Gasteiger partial charge is 0.225 e. The van der Waals surface area contributed by atoms with Gasteiger partial charge in [0.1, 0.15) is 0 Å². The van der Waals surface area contributed by atoms with Gasteiger partial charge in [-0.25, -0.2) is 15.0 Å². The lowest BCUT2D eigenvalue weighted by atomic mass is 9.94. The molecular weight excluding hydrogens is 430 g/mol. The van der Waals surface area contributed by atoms with Crippen LogP contribution in [0.15, 0.2) is 41.3 Å². The van der Waals surface area contributed by atoms with Gasteiger partial charge in [0.25, 0.3) is 0 Å². The maximum Gasteiger partial charge on any atom is 0.225 e. The summed E-state index contributed by atoms with van der Waals surface area (Å²) in [5.41, 5.74) is 1.99. The van der Waals surface area contributed by atoms with Gasteiger partial charge in [-0.05, 0) is 31.0 Å². The number of aromatic nitrogens is 4. The molecule has 8 heteroatoms. The first-order chi connectivity index (χ1) is 14.2. The fourth-order valence-electron chi connectivity index (χ4n) is 4.06. The van der Waals surface area contributed by atoms with Crippen LogP contribution in [0.2, 0.25) is 0 Å². The Labute approximate surface area is 177 Å². The second kappa shape index (κ2) is 7.56. The Morgan fingerprint density at radius 2 is 1.83 bits per heavy atom. The predicted molar refractivity (Wildman–Crippen MR) is 115 cm³/mol. The highest BCUT2D eigenvalue weighted by Gasteiger charge is 2.34. The third-order valence-electron chi connectivity index (χ3n) is 5.76. The first-order valence-corrected chi connectivity index (χ1v) is 10.6. The second-order valence-electron chi connectivity index (χ2n) is 7.63. The number of benzene rings is 1. The molecule has 0 radical (unpaired) electrons. The van der Waals surface area contributed by atoms with E-state index >= 15 is 0 Å². The van der Waals surface area contributed by atoms with E-state index in [-0.39, 0.29) is 5.92 Å². The molecule has 2 aromatic heterocycles. The van der Waals surface area contributed by atoms with Gasteiger partial charge in [0.05, 0.1) is 17.3 Å². The topological polar surface area (TPSA) is 81.8 Å². The number of nitrogens with zero attached hydrogens (tertiary/aromatic N) is 7. The maximum atomic E-state index is 9.14. The van der Waals surface area contributed by atoms with Crippen molar-refractivity contribution in [3.63, 3.8) is 0 Å². The Morgan fingerprint density at radius 1 is 1.03 bits per heavy atom. The molecule has 5 rings (SSSR count). The van der Waals surface area contributed by atoms with Gasteiger partial charge in [-0.3, -0.25) is 4.98 Å². The number of rotatable bonds is 3. The lowest BCUT2D eigenvalue weighted by molar-refractivity contribution is 0.472. The Kier molecular flexibility index (Phi) is 4.76. The number of anilines is 2. The molecule has 4 heterocycles. The molecule has 7 nitrogen and oxygen atoms in total. The summed E-state index contributed by atoms with van der Waals surface area (Å²) >= 11 is 3.49. The van der Waals surface area contributed by atoms with Crippen molar-refractivity contribution in [2.24, 2.45) is 5.92 Å². The van der Waals surface area contributed by atoms with Crippen molar-refractivity contribution in [1.29, 1.82) is 5.26 Å². The fourth-order valence-corrected chi connectivity index (χ4v) is 4.43. The third-order valence-corrected chi connectivity index (χ3v) is 6.26. The molecule has 0 spiro atoms. The van der Waals surface area contributed by atoms with E-state index in [1.807, 2.05) is 24.4 Å². The quantitative estimate of drug-likeness (QED) is 0.604. The molecule has 0 saturated carbocycles. The number of nitriles is 1. The Hall–Kier alpha value is -2.79. The summed E-state index contributed by atoms with van der Waals surface area (Å²) in [4.78, 5) is 23.0. The molecule has 1 aromatic carbocycles. The van der Waals surface area contributed by atoms with Crippen LogP contribution in [-0.2, 0) is 0 Å². The molecule has 0 aliphatic carbocycles. The lowest BCUT2D eigenvalue weighted by Gasteiger charge is -2.40. The fraction of sp³-hybridized carbons (Fsp3) is 0.381. The van der Waals surface area contributed by atoms with Crippen LogP contribution in [0, 0.1) is 17.2 Å². The van der Waals surface area contributed by atoms with Crippen molar-refractivity contribution in [3.8, 4) is 6.07 Å². The zero-order valence-electron chi connectivity index (χ0n) is 15.9. The number of fused-ring (bicyclic) bond motifs is 1. The summed E-state index contributed by atoms with van der Waals surface area (Å²) in [6.45, 7) is 3.40. The van der Waals surface area contributed by atoms with Crippen molar-refractivity contribution in [2.75, 3.05) is 36.0 Å². The van der Waals surface area contributed by atoms with Gasteiger partial charge in [0, 0.05) is 66.5 Å². The van der Waals surface area contributed by atoms with E-state index < -0.39 is 0 Å². The predicted octanol–water partition coefficient (Wildman–Crippen LogP) is 3.53. The van der Waals surface area contributed by atoms with E-state index in [9.17, 15) is 0 Å². The second-order valence-corrected chi connectivity index (χ2v) is 8.55. The van der Waals surface area contributed by atoms with Crippen LogP contribution in [0.4, 0.5) is 11.8 Å². The van der Waals surface area contributed by atoms with Crippen LogP contribution in [0.5, 0.6) is 0 Å². The highest BCUT2D eigenvalue weighted by atomic mass is 79.9. The zero-order chi connectivity index (χ0) is 19.8. The summed E-state index contributed by atoms with van der Waals surface area (Å²) in [5, 5.41) is 10.2. The Balaban J connectivity index is 1.31. The third kappa shape index (κ3) is 3.51. The maximum absolute atomic E-state index is 9.14. The van der Waals surface area contributed by atoms with Gasteiger partial charge >= 0.3 is 0 Å². The molecule has 2 aliphatic rings.